The molecule has 0 aliphatic heterocycles. The molecule has 0 spiro atoms. The van der Waals surface area contributed by atoms with Gasteiger partial charge in [0, 0.05) is 16.7 Å². The fourth-order valence-corrected chi connectivity index (χ4v) is 2.10. The van der Waals surface area contributed by atoms with Crippen LogP contribution in [0.15, 0.2) is 41.6 Å². The summed E-state index contributed by atoms with van der Waals surface area (Å²) in [6.07, 6.45) is -0.360. The van der Waals surface area contributed by atoms with E-state index < -0.39 is 12.1 Å². The Morgan fingerprint density at radius 1 is 1.26 bits per heavy atom. The Balaban J connectivity index is 0.00000192. The van der Waals surface area contributed by atoms with Gasteiger partial charge in [-0.3, -0.25) is 4.79 Å². The van der Waals surface area contributed by atoms with Crippen LogP contribution in [0.2, 0.25) is 5.02 Å². The van der Waals surface area contributed by atoms with Crippen molar-refractivity contribution in [3.8, 4) is 16.9 Å². The van der Waals surface area contributed by atoms with Gasteiger partial charge in [-0.25, -0.2) is 18.4 Å². The molecule has 3 aromatic rings. The summed E-state index contributed by atoms with van der Waals surface area (Å²) < 4.78 is 26.5. The number of aromatic amines is 1. The Bertz CT molecular complexity index is 883. The van der Waals surface area contributed by atoms with E-state index in [0.717, 1.165) is 6.20 Å². The molecule has 1 aromatic carbocycles. The van der Waals surface area contributed by atoms with E-state index in [1.807, 2.05) is 0 Å². The third-order valence-corrected chi connectivity index (χ3v) is 3.13. The second-order valence-corrected chi connectivity index (χ2v) is 4.78. The molecule has 0 atom stereocenters. The zero-order chi connectivity index (χ0) is 15.7. The van der Waals surface area contributed by atoms with E-state index in [1.165, 1.54) is 17.1 Å². The molecule has 2 heterocycles. The normalized spacial score (nSPS) is 10.6. The van der Waals surface area contributed by atoms with Crippen LogP contribution in [0.25, 0.3) is 16.9 Å². The Morgan fingerprint density at radius 3 is 2.70 bits per heavy atom. The minimum atomic E-state index is -2.72. The summed E-state index contributed by atoms with van der Waals surface area (Å²) in [5, 5.41) is 7.50. The van der Waals surface area contributed by atoms with E-state index in [2.05, 4.69) is 20.3 Å². The van der Waals surface area contributed by atoms with Crippen molar-refractivity contribution in [3.05, 3.63) is 57.9 Å². The van der Waals surface area contributed by atoms with Crippen LogP contribution in [0.3, 0.4) is 0 Å². The van der Waals surface area contributed by atoms with Crippen LogP contribution in [-0.4, -0.2) is 25.0 Å². The number of H-pyrrole nitrogens is 1. The van der Waals surface area contributed by atoms with Crippen molar-refractivity contribution < 1.29 is 8.78 Å². The topological polar surface area (TPSA) is 76.5 Å². The molecule has 2 aromatic heterocycles. The molecular weight excluding hydrogens is 396 g/mol. The number of nitrogens with one attached hydrogen (secondary N) is 1. The van der Waals surface area contributed by atoms with Gasteiger partial charge in [-0.15, -0.1) is 22.1 Å². The molecule has 6 nitrogen and oxygen atoms in total. The van der Waals surface area contributed by atoms with E-state index in [1.54, 1.807) is 18.2 Å². The summed E-state index contributed by atoms with van der Waals surface area (Å²) in [7, 11) is 0. The first-order chi connectivity index (χ1) is 10.5. The predicted molar refractivity (Wildman–Crippen MR) is 85.5 cm³/mol. The maximum absolute atomic E-state index is 12.6. The number of alkyl halides is 2. The van der Waals surface area contributed by atoms with E-state index in [9.17, 15) is 13.6 Å². The van der Waals surface area contributed by atoms with Crippen molar-refractivity contribution in [2.45, 2.75) is 6.43 Å². The van der Waals surface area contributed by atoms with Gasteiger partial charge in [0.05, 0.1) is 23.9 Å². The van der Waals surface area contributed by atoms with Gasteiger partial charge >= 0.3 is 0 Å². The van der Waals surface area contributed by atoms with E-state index >= 15 is 0 Å². The van der Waals surface area contributed by atoms with Gasteiger partial charge in [0.1, 0.15) is 5.69 Å². The van der Waals surface area contributed by atoms with Gasteiger partial charge in [0.25, 0.3) is 12.0 Å². The molecule has 0 aliphatic carbocycles. The lowest BCUT2D eigenvalue weighted by molar-refractivity contribution is 0.146. The molecule has 0 saturated carbocycles. The molecule has 0 radical (unpaired) electrons. The molecule has 0 bridgehead atoms. The van der Waals surface area contributed by atoms with Crippen LogP contribution in [-0.2, 0) is 0 Å². The number of halogens is 4. The van der Waals surface area contributed by atoms with Crippen LogP contribution in [0.5, 0.6) is 0 Å². The van der Waals surface area contributed by atoms with Gasteiger partial charge in [0.2, 0.25) is 0 Å². The molecule has 1 N–H and O–H groups in total. The van der Waals surface area contributed by atoms with Crippen LogP contribution < -0.4 is 5.56 Å². The van der Waals surface area contributed by atoms with Gasteiger partial charge in [0.15, 0.2) is 0 Å². The predicted octanol–water partition coefficient (Wildman–Crippen LogP) is 3.19. The molecular formula is C13H9BrClF2N5O. The number of hydrogen-bond donors (Lipinski definition) is 1. The first-order valence-corrected chi connectivity index (χ1v) is 6.48. The molecule has 120 valence electrons. The maximum Gasteiger partial charge on any atom is 0.283 e. The highest BCUT2D eigenvalue weighted by atomic mass is 79.9. The van der Waals surface area contributed by atoms with Crippen LogP contribution in [0.4, 0.5) is 8.78 Å². The molecule has 10 heteroatoms. The van der Waals surface area contributed by atoms with Crippen molar-refractivity contribution in [2.75, 3.05) is 0 Å². The van der Waals surface area contributed by atoms with Crippen molar-refractivity contribution in [1.82, 2.24) is 25.0 Å². The summed E-state index contributed by atoms with van der Waals surface area (Å²) in [4.78, 5) is 17.9. The smallest absolute Gasteiger partial charge is 0.283 e. The van der Waals surface area contributed by atoms with Crippen molar-refractivity contribution >= 4 is 28.6 Å². The largest absolute Gasteiger partial charge is 0.313 e. The second-order valence-electron chi connectivity index (χ2n) is 4.35. The lowest BCUT2D eigenvalue weighted by atomic mass is 10.1. The number of benzene rings is 1. The highest BCUT2D eigenvalue weighted by Crippen LogP contribution is 2.28. The summed E-state index contributed by atoms with van der Waals surface area (Å²) in [5.41, 5.74) is 0.462. The summed E-state index contributed by atoms with van der Waals surface area (Å²) in [5.74, 6) is 0. The fraction of sp³-hybridized carbons (Fsp3) is 0.0769. The van der Waals surface area contributed by atoms with E-state index in [4.69, 9.17) is 11.6 Å². The van der Waals surface area contributed by atoms with Crippen LogP contribution in [0.1, 0.15) is 12.1 Å². The fourth-order valence-electron chi connectivity index (χ4n) is 1.92. The van der Waals surface area contributed by atoms with Gasteiger partial charge in [-0.2, -0.15) is 0 Å². The van der Waals surface area contributed by atoms with Crippen LogP contribution >= 0.6 is 28.6 Å². The Kier molecular flexibility index (Phi) is 5.22. The zero-order valence-electron chi connectivity index (χ0n) is 11.3. The maximum atomic E-state index is 12.6. The van der Waals surface area contributed by atoms with Crippen molar-refractivity contribution in [1.29, 1.82) is 0 Å². The van der Waals surface area contributed by atoms with Crippen LogP contribution in [0, 0.1) is 0 Å². The first-order valence-electron chi connectivity index (χ1n) is 6.10. The standard InChI is InChI=1S/C13H8ClF2N5O.BrH/c14-7-1-2-11(21-5-10(13(15)16)19-20-21)8(3-7)9-4-12(22)18-6-17-9;/h1-6,13H,(H,17,18,22);1H. The molecule has 0 fully saturated rings. The number of nitrogens with zero attached hydrogens (tertiary/aromatic N) is 4. The molecule has 0 amide bonds. The molecule has 0 aliphatic rings. The monoisotopic (exact) mass is 403 g/mol. The van der Waals surface area contributed by atoms with Gasteiger partial charge in [-0.1, -0.05) is 16.8 Å². The Hall–Kier alpha value is -2.13. The lowest BCUT2D eigenvalue weighted by Gasteiger charge is -2.08. The summed E-state index contributed by atoms with van der Waals surface area (Å²) >= 11 is 5.97. The van der Waals surface area contributed by atoms with E-state index in [-0.39, 0.29) is 22.5 Å². The van der Waals surface area contributed by atoms with Crippen molar-refractivity contribution in [3.63, 3.8) is 0 Å². The third-order valence-electron chi connectivity index (χ3n) is 2.89. The third kappa shape index (κ3) is 3.62. The van der Waals surface area contributed by atoms with Gasteiger partial charge < -0.3 is 4.98 Å². The molecule has 0 saturated heterocycles. The molecule has 3 rings (SSSR count). The lowest BCUT2D eigenvalue weighted by Crippen LogP contribution is -2.06. The summed E-state index contributed by atoms with van der Waals surface area (Å²) in [6, 6.07) is 6.02. The SMILES string of the molecule is Br.O=c1cc(-c2cc(Cl)ccc2-n2cc(C(F)F)nn2)nc[nH]1. The Labute approximate surface area is 143 Å². The minimum Gasteiger partial charge on any atom is -0.313 e. The zero-order valence-corrected chi connectivity index (χ0v) is 13.7. The number of hydrogen-bond acceptors (Lipinski definition) is 4. The van der Waals surface area contributed by atoms with E-state index in [0.29, 0.717) is 22.0 Å². The average Bonchev–Trinajstić information content (AvgIpc) is 2.97. The Morgan fingerprint density at radius 2 is 2.04 bits per heavy atom. The first kappa shape index (κ1) is 17.2. The van der Waals surface area contributed by atoms with Crippen molar-refractivity contribution in [2.24, 2.45) is 0 Å². The quantitative estimate of drug-likeness (QED) is 0.727. The highest BCUT2D eigenvalue weighted by Gasteiger charge is 2.16. The van der Waals surface area contributed by atoms with Gasteiger partial charge in [-0.05, 0) is 18.2 Å². The summed E-state index contributed by atoms with van der Waals surface area (Å²) in [6.45, 7) is 0. The average molecular weight is 405 g/mol. The number of aromatic nitrogens is 5. The number of rotatable bonds is 3. The molecule has 0 unspecified atom stereocenters. The highest BCUT2D eigenvalue weighted by molar-refractivity contribution is 8.93. The molecule has 23 heavy (non-hydrogen) atoms. The minimum absolute atomic E-state index is 0. The second kappa shape index (κ2) is 6.97.